The molecule has 10 heavy (non-hydrogen) atoms. The van der Waals surface area contributed by atoms with Crippen LogP contribution in [0.15, 0.2) is 12.3 Å². The van der Waals surface area contributed by atoms with Crippen molar-refractivity contribution in [2.24, 2.45) is 0 Å². The van der Waals surface area contributed by atoms with Crippen LogP contribution in [0, 0.1) is 5.82 Å². The first-order chi connectivity index (χ1) is 4.74. The summed E-state index contributed by atoms with van der Waals surface area (Å²) in [4.78, 5) is 3.65. The molecule has 0 aliphatic rings. The molecule has 1 aromatic rings. The van der Waals surface area contributed by atoms with Gasteiger partial charge in [0.15, 0.2) is 0 Å². The molecule has 1 atom stereocenters. The Balaban J connectivity index is 3.07. The molecule has 54 valence electrons. The van der Waals surface area contributed by atoms with Crippen LogP contribution in [0.2, 0.25) is 0 Å². The molecule has 4 heteroatoms. The van der Waals surface area contributed by atoms with E-state index in [1.165, 1.54) is 12.3 Å². The smallest absolute Gasteiger partial charge is 0.147 e. The van der Waals surface area contributed by atoms with Crippen LogP contribution in [0.5, 0.6) is 0 Å². The number of hydrogen-bond acceptors (Lipinski definition) is 2. The van der Waals surface area contributed by atoms with Crippen LogP contribution in [0.1, 0.15) is 5.69 Å². The first-order valence-corrected chi connectivity index (χ1v) is 3.32. The number of rotatable bonds is 1. The maximum absolute atomic E-state index is 12.6. The third kappa shape index (κ3) is 1.49. The minimum atomic E-state index is -0.463. The molecule has 1 N–H and O–H groups in total. The normalized spacial score (nSPS) is 9.90. The Bertz CT molecular complexity index is 241. The molecule has 0 fully saturated rings. The van der Waals surface area contributed by atoms with Crippen LogP contribution >= 0.6 is 9.24 Å². The molecule has 0 radical (unpaired) electrons. The van der Waals surface area contributed by atoms with Crippen molar-refractivity contribution >= 4 is 14.5 Å². The van der Waals surface area contributed by atoms with Crippen molar-refractivity contribution in [3.8, 4) is 0 Å². The number of nitrogens with zero attached hydrogens (tertiary/aromatic N) is 1. The van der Waals surface area contributed by atoms with Gasteiger partial charge in [0, 0.05) is 6.20 Å². The van der Waals surface area contributed by atoms with E-state index in [-0.39, 0.29) is 12.3 Å². The van der Waals surface area contributed by atoms with Crippen molar-refractivity contribution in [1.29, 1.82) is 0 Å². The highest BCUT2D eigenvalue weighted by molar-refractivity contribution is 7.27. The fourth-order valence-corrected chi connectivity index (χ4v) is 0.818. The van der Waals surface area contributed by atoms with Gasteiger partial charge in [-0.05, 0) is 11.4 Å². The van der Waals surface area contributed by atoms with Crippen LogP contribution in [0.25, 0.3) is 0 Å². The molecular weight excluding hydrogens is 152 g/mol. The zero-order valence-corrected chi connectivity index (χ0v) is 6.37. The topological polar surface area (TPSA) is 33.1 Å². The van der Waals surface area contributed by atoms with Gasteiger partial charge in [-0.15, -0.1) is 9.24 Å². The van der Waals surface area contributed by atoms with Crippen molar-refractivity contribution in [3.05, 3.63) is 23.8 Å². The number of pyridine rings is 1. The SMILES string of the molecule is OCc1ncc(P)cc1F. The quantitative estimate of drug-likeness (QED) is 0.594. The Morgan fingerprint density at radius 1 is 1.70 bits per heavy atom. The monoisotopic (exact) mass is 159 g/mol. The Morgan fingerprint density at radius 2 is 2.40 bits per heavy atom. The largest absolute Gasteiger partial charge is 0.390 e. The van der Waals surface area contributed by atoms with E-state index in [2.05, 4.69) is 14.2 Å². The van der Waals surface area contributed by atoms with Gasteiger partial charge in [0.25, 0.3) is 0 Å². The van der Waals surface area contributed by atoms with Crippen LogP contribution in [0.3, 0.4) is 0 Å². The fraction of sp³-hybridized carbons (Fsp3) is 0.167. The molecule has 2 nitrogen and oxygen atoms in total. The summed E-state index contributed by atoms with van der Waals surface area (Å²) in [5.74, 6) is -0.463. The van der Waals surface area contributed by atoms with Gasteiger partial charge in [-0.25, -0.2) is 4.39 Å². The molecule has 0 aromatic carbocycles. The van der Waals surface area contributed by atoms with Crippen molar-refractivity contribution in [3.63, 3.8) is 0 Å². The molecular formula is C6H7FNOP. The molecule has 0 aliphatic heterocycles. The lowest BCUT2D eigenvalue weighted by Crippen LogP contribution is -2.00. The minimum absolute atomic E-state index is 0.0891. The summed E-state index contributed by atoms with van der Waals surface area (Å²) >= 11 is 0. The summed E-state index contributed by atoms with van der Waals surface area (Å²) in [6.45, 7) is -0.350. The highest BCUT2D eigenvalue weighted by atomic mass is 31.0. The zero-order chi connectivity index (χ0) is 7.56. The third-order valence-corrected chi connectivity index (χ3v) is 1.40. The molecule has 1 unspecified atom stereocenters. The zero-order valence-electron chi connectivity index (χ0n) is 5.21. The molecule has 0 saturated heterocycles. The molecule has 1 aromatic heterocycles. The molecule has 0 bridgehead atoms. The van der Waals surface area contributed by atoms with Crippen molar-refractivity contribution in [2.75, 3.05) is 0 Å². The molecule has 0 aliphatic carbocycles. The van der Waals surface area contributed by atoms with Gasteiger partial charge < -0.3 is 5.11 Å². The van der Waals surface area contributed by atoms with E-state index in [4.69, 9.17) is 5.11 Å². The lowest BCUT2D eigenvalue weighted by atomic mass is 10.3. The van der Waals surface area contributed by atoms with E-state index in [1.807, 2.05) is 0 Å². The van der Waals surface area contributed by atoms with Crippen LogP contribution in [0.4, 0.5) is 4.39 Å². The van der Waals surface area contributed by atoms with Gasteiger partial charge in [-0.2, -0.15) is 0 Å². The summed E-state index contributed by atoms with van der Waals surface area (Å²) in [5, 5.41) is 9.18. The van der Waals surface area contributed by atoms with Crippen LogP contribution < -0.4 is 5.30 Å². The van der Waals surface area contributed by atoms with E-state index < -0.39 is 5.82 Å². The predicted molar refractivity (Wildman–Crippen MR) is 39.5 cm³/mol. The van der Waals surface area contributed by atoms with Gasteiger partial charge in [0.1, 0.15) is 11.5 Å². The third-order valence-electron chi connectivity index (χ3n) is 1.09. The van der Waals surface area contributed by atoms with E-state index in [9.17, 15) is 4.39 Å². The van der Waals surface area contributed by atoms with E-state index in [1.54, 1.807) is 0 Å². The average Bonchev–Trinajstić information content (AvgIpc) is 1.88. The van der Waals surface area contributed by atoms with Gasteiger partial charge in [0.2, 0.25) is 0 Å². The number of halogens is 1. The summed E-state index contributed by atoms with van der Waals surface area (Å²) in [5.41, 5.74) is 0.0891. The van der Waals surface area contributed by atoms with Crippen molar-refractivity contribution in [1.82, 2.24) is 4.98 Å². The fourth-order valence-electron chi connectivity index (χ4n) is 0.597. The number of aliphatic hydroxyl groups excluding tert-OH is 1. The van der Waals surface area contributed by atoms with E-state index in [0.717, 1.165) is 0 Å². The number of aromatic nitrogens is 1. The molecule has 0 amide bonds. The molecule has 1 rings (SSSR count). The van der Waals surface area contributed by atoms with E-state index in [0.29, 0.717) is 5.30 Å². The first kappa shape index (κ1) is 7.58. The molecule has 1 heterocycles. The maximum Gasteiger partial charge on any atom is 0.147 e. The lowest BCUT2D eigenvalue weighted by molar-refractivity contribution is 0.270. The van der Waals surface area contributed by atoms with Crippen molar-refractivity contribution in [2.45, 2.75) is 6.61 Å². The van der Waals surface area contributed by atoms with E-state index >= 15 is 0 Å². The molecule has 0 saturated carbocycles. The minimum Gasteiger partial charge on any atom is -0.390 e. The number of hydrogen-bond donors (Lipinski definition) is 1. The summed E-state index contributed by atoms with van der Waals surface area (Å²) in [6.07, 6.45) is 1.49. The maximum atomic E-state index is 12.6. The van der Waals surface area contributed by atoms with Crippen molar-refractivity contribution < 1.29 is 9.50 Å². The van der Waals surface area contributed by atoms with Crippen LogP contribution in [-0.2, 0) is 6.61 Å². The summed E-state index contributed by atoms with van der Waals surface area (Å²) < 4.78 is 12.6. The summed E-state index contributed by atoms with van der Waals surface area (Å²) in [6, 6.07) is 1.31. The Kier molecular flexibility index (Phi) is 2.30. The van der Waals surface area contributed by atoms with Gasteiger partial charge in [0.05, 0.1) is 6.61 Å². The van der Waals surface area contributed by atoms with Gasteiger partial charge in [-0.3, -0.25) is 4.98 Å². The van der Waals surface area contributed by atoms with Gasteiger partial charge >= 0.3 is 0 Å². The first-order valence-electron chi connectivity index (χ1n) is 2.75. The Hall–Kier alpha value is -0.530. The lowest BCUT2D eigenvalue weighted by Gasteiger charge is -1.96. The van der Waals surface area contributed by atoms with Gasteiger partial charge in [-0.1, -0.05) is 0 Å². The molecule has 0 spiro atoms. The van der Waals surface area contributed by atoms with Crippen LogP contribution in [-0.4, -0.2) is 10.1 Å². The second-order valence-electron chi connectivity index (χ2n) is 1.86. The average molecular weight is 159 g/mol. The number of aliphatic hydroxyl groups is 1. The second kappa shape index (κ2) is 3.04. The predicted octanol–water partition coefficient (Wildman–Crippen LogP) is 0.213. The highest BCUT2D eigenvalue weighted by Gasteiger charge is 2.00. The second-order valence-corrected chi connectivity index (χ2v) is 2.52. The Morgan fingerprint density at radius 3 is 2.90 bits per heavy atom. The summed E-state index contributed by atoms with van der Waals surface area (Å²) in [7, 11) is 2.32. The standard InChI is InChI=1S/C6H7FNOP/c7-5-1-4(10)2-8-6(5)3-9/h1-2,9H,3,10H2. The highest BCUT2D eigenvalue weighted by Crippen LogP contribution is 2.01. The Labute approximate surface area is 60.3 Å².